The largest absolute Gasteiger partial charge is 0.499 e. The first-order valence-electron chi connectivity index (χ1n) is 6.86. The second-order valence-electron chi connectivity index (χ2n) is 5.85. The SMILES string of the molecule is Cn1c(=O)c(B2OCCC(C)(C)O2)cc2ccccc21. The van der Waals surface area contributed by atoms with Gasteiger partial charge in [-0.3, -0.25) is 4.79 Å². The zero-order valence-electron chi connectivity index (χ0n) is 12.1. The molecule has 1 saturated heterocycles. The Morgan fingerprint density at radius 1 is 1.30 bits per heavy atom. The Morgan fingerprint density at radius 3 is 2.80 bits per heavy atom. The number of hydrogen-bond acceptors (Lipinski definition) is 3. The van der Waals surface area contributed by atoms with Crippen molar-refractivity contribution in [3.63, 3.8) is 0 Å². The minimum atomic E-state index is -0.581. The fraction of sp³-hybridized carbons (Fsp3) is 0.400. The summed E-state index contributed by atoms with van der Waals surface area (Å²) in [5.41, 5.74) is 1.15. The maximum absolute atomic E-state index is 12.5. The van der Waals surface area contributed by atoms with E-state index in [1.54, 1.807) is 11.6 Å². The minimum absolute atomic E-state index is 0.0635. The van der Waals surface area contributed by atoms with Crippen LogP contribution in [-0.2, 0) is 16.4 Å². The lowest BCUT2D eigenvalue weighted by Gasteiger charge is -2.34. The molecule has 2 aromatic rings. The van der Waals surface area contributed by atoms with E-state index in [1.165, 1.54) is 0 Å². The van der Waals surface area contributed by atoms with Crippen molar-refractivity contribution in [2.24, 2.45) is 7.05 Å². The van der Waals surface area contributed by atoms with Gasteiger partial charge in [-0.15, -0.1) is 0 Å². The standard InChI is InChI=1S/C15H18BNO3/c1-15(2)8-9-19-16(20-15)12-10-11-6-4-5-7-13(11)17(3)14(12)18/h4-7,10H,8-9H2,1-3H3. The first kappa shape index (κ1) is 13.4. The quantitative estimate of drug-likeness (QED) is 0.737. The molecule has 2 heterocycles. The van der Waals surface area contributed by atoms with Gasteiger partial charge in [-0.25, -0.2) is 0 Å². The molecule has 0 spiro atoms. The molecular formula is C15H18BNO3. The van der Waals surface area contributed by atoms with Gasteiger partial charge in [0.2, 0.25) is 0 Å². The Hall–Kier alpha value is -1.59. The maximum atomic E-state index is 12.5. The molecule has 0 saturated carbocycles. The molecule has 4 nitrogen and oxygen atoms in total. The number of aryl methyl sites for hydroxylation is 1. The van der Waals surface area contributed by atoms with Crippen LogP contribution in [0.2, 0.25) is 0 Å². The molecule has 0 bridgehead atoms. The van der Waals surface area contributed by atoms with Crippen LogP contribution in [0.25, 0.3) is 10.9 Å². The first-order valence-corrected chi connectivity index (χ1v) is 6.86. The number of rotatable bonds is 1. The van der Waals surface area contributed by atoms with Crippen LogP contribution in [0.15, 0.2) is 35.1 Å². The number of para-hydroxylation sites is 1. The van der Waals surface area contributed by atoms with Gasteiger partial charge in [0.25, 0.3) is 5.56 Å². The molecule has 3 rings (SSSR count). The third kappa shape index (κ3) is 2.27. The van der Waals surface area contributed by atoms with Crippen LogP contribution < -0.4 is 11.0 Å². The third-order valence-electron chi connectivity index (χ3n) is 3.81. The number of fused-ring (bicyclic) bond motifs is 1. The zero-order valence-corrected chi connectivity index (χ0v) is 12.1. The highest BCUT2D eigenvalue weighted by atomic mass is 16.6. The van der Waals surface area contributed by atoms with Crippen LogP contribution in [0.1, 0.15) is 20.3 Å². The van der Waals surface area contributed by atoms with Gasteiger partial charge in [-0.2, -0.15) is 0 Å². The average Bonchev–Trinajstić information content (AvgIpc) is 2.42. The van der Waals surface area contributed by atoms with Crippen LogP contribution in [0.5, 0.6) is 0 Å². The van der Waals surface area contributed by atoms with Crippen molar-refractivity contribution in [2.45, 2.75) is 25.9 Å². The topological polar surface area (TPSA) is 40.5 Å². The number of aromatic nitrogens is 1. The van der Waals surface area contributed by atoms with Crippen LogP contribution in [0.3, 0.4) is 0 Å². The van der Waals surface area contributed by atoms with E-state index in [-0.39, 0.29) is 11.2 Å². The molecule has 1 aromatic heterocycles. The summed E-state index contributed by atoms with van der Waals surface area (Å²) >= 11 is 0. The number of pyridine rings is 1. The Balaban J connectivity index is 2.12. The smallest absolute Gasteiger partial charge is 0.407 e. The lowest BCUT2D eigenvalue weighted by atomic mass is 9.76. The van der Waals surface area contributed by atoms with Crippen molar-refractivity contribution in [3.05, 3.63) is 40.7 Å². The zero-order chi connectivity index (χ0) is 14.3. The van der Waals surface area contributed by atoms with Crippen LogP contribution in [0, 0.1) is 0 Å². The second-order valence-corrected chi connectivity index (χ2v) is 5.85. The molecule has 5 heteroatoms. The molecule has 0 atom stereocenters. The highest BCUT2D eigenvalue weighted by Gasteiger charge is 2.36. The van der Waals surface area contributed by atoms with Crippen molar-refractivity contribution in [2.75, 3.05) is 6.61 Å². The summed E-state index contributed by atoms with van der Waals surface area (Å²) in [6.45, 7) is 4.65. The molecule has 0 radical (unpaired) electrons. The highest BCUT2D eigenvalue weighted by Crippen LogP contribution is 2.21. The second kappa shape index (κ2) is 4.75. The average molecular weight is 271 g/mol. The van der Waals surface area contributed by atoms with E-state index >= 15 is 0 Å². The van der Waals surface area contributed by atoms with Gasteiger partial charge < -0.3 is 13.9 Å². The molecule has 0 amide bonds. The van der Waals surface area contributed by atoms with Crippen molar-refractivity contribution >= 4 is 23.5 Å². The Kier molecular flexibility index (Phi) is 3.19. The van der Waals surface area contributed by atoms with Gasteiger partial charge >= 0.3 is 7.12 Å². The van der Waals surface area contributed by atoms with E-state index in [0.29, 0.717) is 12.1 Å². The summed E-state index contributed by atoms with van der Waals surface area (Å²) < 4.78 is 13.2. The summed E-state index contributed by atoms with van der Waals surface area (Å²) in [6.07, 6.45) is 0.831. The number of benzene rings is 1. The summed E-state index contributed by atoms with van der Waals surface area (Å²) in [6, 6.07) is 9.70. The molecule has 0 N–H and O–H groups in total. The number of hydrogen-bond donors (Lipinski definition) is 0. The van der Waals surface area contributed by atoms with Crippen molar-refractivity contribution in [1.82, 2.24) is 4.57 Å². The molecule has 0 unspecified atom stereocenters. The molecule has 0 aliphatic carbocycles. The number of nitrogens with zero attached hydrogens (tertiary/aromatic N) is 1. The van der Waals surface area contributed by atoms with Crippen molar-refractivity contribution in [3.8, 4) is 0 Å². The van der Waals surface area contributed by atoms with E-state index in [1.807, 2.05) is 44.2 Å². The monoisotopic (exact) mass is 271 g/mol. The fourth-order valence-corrected chi connectivity index (χ4v) is 2.56. The van der Waals surface area contributed by atoms with Gasteiger partial charge in [0.15, 0.2) is 0 Å². The van der Waals surface area contributed by atoms with E-state index in [4.69, 9.17) is 9.31 Å². The molecule has 1 aromatic carbocycles. The summed E-state index contributed by atoms with van der Waals surface area (Å²) in [7, 11) is 1.20. The lowest BCUT2D eigenvalue weighted by molar-refractivity contribution is 0.0107. The molecule has 1 fully saturated rings. The predicted octanol–water partition coefficient (Wildman–Crippen LogP) is 1.45. The lowest BCUT2D eigenvalue weighted by Crippen LogP contribution is -2.54. The summed E-state index contributed by atoms with van der Waals surface area (Å²) in [4.78, 5) is 12.5. The molecule has 104 valence electrons. The normalized spacial score (nSPS) is 18.4. The van der Waals surface area contributed by atoms with Gasteiger partial charge in [0.05, 0.1) is 11.1 Å². The minimum Gasteiger partial charge on any atom is -0.407 e. The summed E-state index contributed by atoms with van der Waals surface area (Å²) in [5, 5.41) is 1.01. The fourth-order valence-electron chi connectivity index (χ4n) is 2.56. The third-order valence-corrected chi connectivity index (χ3v) is 3.81. The van der Waals surface area contributed by atoms with Crippen molar-refractivity contribution < 1.29 is 9.31 Å². The van der Waals surface area contributed by atoms with E-state index < -0.39 is 7.12 Å². The molecule has 20 heavy (non-hydrogen) atoms. The predicted molar refractivity (Wildman–Crippen MR) is 80.3 cm³/mol. The molecule has 1 aliphatic rings. The van der Waals surface area contributed by atoms with Gasteiger partial charge in [-0.05, 0) is 37.8 Å². The van der Waals surface area contributed by atoms with Crippen LogP contribution >= 0.6 is 0 Å². The maximum Gasteiger partial charge on any atom is 0.499 e. The Bertz CT molecular complexity index is 708. The van der Waals surface area contributed by atoms with E-state index in [9.17, 15) is 4.79 Å². The first-order chi connectivity index (χ1) is 9.48. The Morgan fingerprint density at radius 2 is 2.05 bits per heavy atom. The molecular weight excluding hydrogens is 253 g/mol. The van der Waals surface area contributed by atoms with Gasteiger partial charge in [0, 0.05) is 19.1 Å². The van der Waals surface area contributed by atoms with E-state index in [0.717, 1.165) is 17.3 Å². The summed E-state index contributed by atoms with van der Waals surface area (Å²) in [5.74, 6) is 0. The van der Waals surface area contributed by atoms with Crippen LogP contribution in [-0.4, -0.2) is 23.9 Å². The Labute approximate surface area is 118 Å². The van der Waals surface area contributed by atoms with Crippen molar-refractivity contribution in [1.29, 1.82) is 0 Å². The highest BCUT2D eigenvalue weighted by molar-refractivity contribution is 6.61. The van der Waals surface area contributed by atoms with Gasteiger partial charge in [0.1, 0.15) is 0 Å². The van der Waals surface area contributed by atoms with Gasteiger partial charge in [-0.1, -0.05) is 18.2 Å². The molecule has 1 aliphatic heterocycles. The van der Waals surface area contributed by atoms with E-state index in [2.05, 4.69) is 0 Å². The van der Waals surface area contributed by atoms with Crippen LogP contribution in [0.4, 0.5) is 0 Å².